The van der Waals surface area contributed by atoms with Crippen LogP contribution in [0.25, 0.3) is 0 Å². The predicted molar refractivity (Wildman–Crippen MR) is 90.9 cm³/mol. The zero-order chi connectivity index (χ0) is 16.7. The zero-order valence-electron chi connectivity index (χ0n) is 13.9. The van der Waals surface area contributed by atoms with Crippen molar-refractivity contribution in [1.82, 2.24) is 5.32 Å². The average Bonchev–Trinajstić information content (AvgIpc) is 2.59. The number of hydrogen-bond acceptors (Lipinski definition) is 3. The van der Waals surface area contributed by atoms with Gasteiger partial charge in [0, 0.05) is 13.0 Å². The number of carbonyl (C=O) groups is 1. The van der Waals surface area contributed by atoms with Crippen molar-refractivity contribution in [2.45, 2.75) is 26.3 Å². The summed E-state index contributed by atoms with van der Waals surface area (Å²) in [6.07, 6.45) is 1.11. The smallest absolute Gasteiger partial charge is 0.220 e. The number of hydrogen-bond donors (Lipinski definition) is 1. The van der Waals surface area contributed by atoms with Crippen LogP contribution in [0, 0.1) is 6.92 Å². The normalized spacial score (nSPS) is 10.2. The van der Waals surface area contributed by atoms with Crippen molar-refractivity contribution in [3.63, 3.8) is 0 Å². The van der Waals surface area contributed by atoms with Gasteiger partial charge in [-0.2, -0.15) is 0 Å². The Morgan fingerprint density at radius 2 is 1.61 bits per heavy atom. The summed E-state index contributed by atoms with van der Waals surface area (Å²) in [5, 5.41) is 2.94. The quantitative estimate of drug-likeness (QED) is 0.853. The highest BCUT2D eigenvalue weighted by Crippen LogP contribution is 2.27. The van der Waals surface area contributed by atoms with E-state index in [1.807, 2.05) is 49.4 Å². The lowest BCUT2D eigenvalue weighted by Crippen LogP contribution is -2.22. The van der Waals surface area contributed by atoms with E-state index in [0.717, 1.165) is 11.1 Å². The van der Waals surface area contributed by atoms with Gasteiger partial charge in [-0.3, -0.25) is 4.79 Å². The zero-order valence-corrected chi connectivity index (χ0v) is 13.9. The molecule has 0 spiro atoms. The summed E-state index contributed by atoms with van der Waals surface area (Å²) >= 11 is 0. The largest absolute Gasteiger partial charge is 0.493 e. The second-order valence-corrected chi connectivity index (χ2v) is 5.45. The molecule has 0 atom stereocenters. The highest BCUT2D eigenvalue weighted by atomic mass is 16.5. The Kier molecular flexibility index (Phi) is 6.03. The van der Waals surface area contributed by atoms with Crippen LogP contribution in [-0.2, 0) is 17.8 Å². The second-order valence-electron chi connectivity index (χ2n) is 5.45. The van der Waals surface area contributed by atoms with Gasteiger partial charge < -0.3 is 14.8 Å². The molecule has 0 unspecified atom stereocenters. The third-order valence-electron chi connectivity index (χ3n) is 3.70. The van der Waals surface area contributed by atoms with Gasteiger partial charge in [-0.25, -0.2) is 0 Å². The monoisotopic (exact) mass is 313 g/mol. The summed E-state index contributed by atoms with van der Waals surface area (Å²) in [4.78, 5) is 12.0. The van der Waals surface area contributed by atoms with Crippen molar-refractivity contribution in [3.05, 3.63) is 59.2 Å². The number of amides is 1. The second kappa shape index (κ2) is 8.22. The Morgan fingerprint density at radius 3 is 2.26 bits per heavy atom. The standard InChI is InChI=1S/C19H23NO3/c1-14-4-6-16(7-5-14)13-20-19(21)11-9-15-8-10-17(22-2)18(12-15)23-3/h4-8,10,12H,9,11,13H2,1-3H3,(H,20,21). The van der Waals surface area contributed by atoms with Crippen LogP contribution >= 0.6 is 0 Å². The first kappa shape index (κ1) is 16.9. The van der Waals surface area contributed by atoms with E-state index >= 15 is 0 Å². The highest BCUT2D eigenvalue weighted by molar-refractivity contribution is 5.76. The van der Waals surface area contributed by atoms with Crippen LogP contribution in [0.15, 0.2) is 42.5 Å². The van der Waals surface area contributed by atoms with Gasteiger partial charge in [-0.1, -0.05) is 35.9 Å². The van der Waals surface area contributed by atoms with Gasteiger partial charge in [-0.05, 0) is 36.6 Å². The topological polar surface area (TPSA) is 47.6 Å². The van der Waals surface area contributed by atoms with E-state index in [2.05, 4.69) is 5.32 Å². The number of methoxy groups -OCH3 is 2. The molecule has 1 N–H and O–H groups in total. The Bertz CT molecular complexity index is 650. The minimum absolute atomic E-state index is 0.0420. The van der Waals surface area contributed by atoms with Crippen molar-refractivity contribution < 1.29 is 14.3 Å². The molecule has 1 amide bonds. The molecule has 0 fully saturated rings. The van der Waals surface area contributed by atoms with Crippen molar-refractivity contribution >= 4 is 5.91 Å². The number of benzene rings is 2. The summed E-state index contributed by atoms with van der Waals surface area (Å²) in [5.41, 5.74) is 3.37. The SMILES string of the molecule is COc1ccc(CCC(=O)NCc2ccc(C)cc2)cc1OC. The van der Waals surface area contributed by atoms with E-state index in [-0.39, 0.29) is 5.91 Å². The molecule has 0 saturated carbocycles. The van der Waals surface area contributed by atoms with Crippen LogP contribution in [0.3, 0.4) is 0 Å². The van der Waals surface area contributed by atoms with Crippen LogP contribution in [-0.4, -0.2) is 20.1 Å². The number of nitrogens with one attached hydrogen (secondary N) is 1. The molecule has 4 heteroatoms. The Morgan fingerprint density at radius 1 is 0.957 bits per heavy atom. The summed E-state index contributed by atoms with van der Waals surface area (Å²) in [7, 11) is 3.21. The number of carbonyl (C=O) groups excluding carboxylic acids is 1. The van der Waals surface area contributed by atoms with Crippen molar-refractivity contribution in [2.24, 2.45) is 0 Å². The predicted octanol–water partition coefficient (Wildman–Crippen LogP) is 3.26. The fourth-order valence-electron chi connectivity index (χ4n) is 2.29. The average molecular weight is 313 g/mol. The molecule has 0 saturated heterocycles. The van der Waals surface area contributed by atoms with Crippen LogP contribution < -0.4 is 14.8 Å². The lowest BCUT2D eigenvalue weighted by atomic mass is 10.1. The van der Waals surface area contributed by atoms with E-state index < -0.39 is 0 Å². The van der Waals surface area contributed by atoms with E-state index in [0.29, 0.717) is 30.9 Å². The van der Waals surface area contributed by atoms with Crippen LogP contribution in [0.1, 0.15) is 23.1 Å². The summed E-state index contributed by atoms with van der Waals surface area (Å²) in [6, 6.07) is 13.9. The van der Waals surface area contributed by atoms with Gasteiger partial charge in [0.1, 0.15) is 0 Å². The van der Waals surface area contributed by atoms with Crippen LogP contribution in [0.4, 0.5) is 0 Å². The molecular formula is C19H23NO3. The molecule has 122 valence electrons. The fraction of sp³-hybridized carbons (Fsp3) is 0.316. The van der Waals surface area contributed by atoms with E-state index in [1.165, 1.54) is 5.56 Å². The fourth-order valence-corrected chi connectivity index (χ4v) is 2.29. The third kappa shape index (κ3) is 5.02. The van der Waals surface area contributed by atoms with Gasteiger partial charge in [-0.15, -0.1) is 0 Å². The van der Waals surface area contributed by atoms with E-state index in [1.54, 1.807) is 14.2 Å². The molecule has 0 heterocycles. The van der Waals surface area contributed by atoms with Crippen LogP contribution in [0.5, 0.6) is 11.5 Å². The number of aryl methyl sites for hydroxylation is 2. The molecule has 0 aliphatic carbocycles. The molecule has 2 rings (SSSR count). The minimum Gasteiger partial charge on any atom is -0.493 e. The number of rotatable bonds is 7. The molecule has 0 aromatic heterocycles. The maximum atomic E-state index is 12.0. The van der Waals surface area contributed by atoms with Gasteiger partial charge >= 0.3 is 0 Å². The molecular weight excluding hydrogens is 290 g/mol. The Labute approximate surface area is 137 Å². The molecule has 23 heavy (non-hydrogen) atoms. The lowest BCUT2D eigenvalue weighted by Gasteiger charge is -2.10. The highest BCUT2D eigenvalue weighted by Gasteiger charge is 2.07. The van der Waals surface area contributed by atoms with Gasteiger partial charge in [0.25, 0.3) is 0 Å². The van der Waals surface area contributed by atoms with Gasteiger partial charge in [0.15, 0.2) is 11.5 Å². The summed E-state index contributed by atoms with van der Waals surface area (Å²) < 4.78 is 10.5. The molecule has 2 aromatic rings. The van der Waals surface area contributed by atoms with E-state index in [9.17, 15) is 4.79 Å². The van der Waals surface area contributed by atoms with Crippen molar-refractivity contribution in [3.8, 4) is 11.5 Å². The molecule has 2 aromatic carbocycles. The molecule has 0 aliphatic heterocycles. The van der Waals surface area contributed by atoms with Crippen molar-refractivity contribution in [1.29, 1.82) is 0 Å². The Balaban J connectivity index is 1.83. The lowest BCUT2D eigenvalue weighted by molar-refractivity contribution is -0.121. The van der Waals surface area contributed by atoms with Gasteiger partial charge in [0.2, 0.25) is 5.91 Å². The molecule has 0 radical (unpaired) electrons. The summed E-state index contributed by atoms with van der Waals surface area (Å²) in [5.74, 6) is 1.42. The number of ether oxygens (including phenoxy) is 2. The summed E-state index contributed by atoms with van der Waals surface area (Å²) in [6.45, 7) is 2.61. The van der Waals surface area contributed by atoms with Crippen LogP contribution in [0.2, 0.25) is 0 Å². The molecule has 0 bridgehead atoms. The molecule has 0 aliphatic rings. The first-order chi connectivity index (χ1) is 11.1. The molecule has 4 nitrogen and oxygen atoms in total. The van der Waals surface area contributed by atoms with Gasteiger partial charge in [0.05, 0.1) is 14.2 Å². The minimum atomic E-state index is 0.0420. The first-order valence-corrected chi connectivity index (χ1v) is 7.65. The third-order valence-corrected chi connectivity index (χ3v) is 3.70. The maximum absolute atomic E-state index is 12.0. The van der Waals surface area contributed by atoms with E-state index in [4.69, 9.17) is 9.47 Å². The first-order valence-electron chi connectivity index (χ1n) is 7.65. The maximum Gasteiger partial charge on any atom is 0.220 e. The van der Waals surface area contributed by atoms with Crippen molar-refractivity contribution in [2.75, 3.05) is 14.2 Å². The Hall–Kier alpha value is -2.49.